The lowest BCUT2D eigenvalue weighted by Crippen LogP contribution is -2.29. The van der Waals surface area contributed by atoms with Gasteiger partial charge in [-0.3, -0.25) is 0 Å². The van der Waals surface area contributed by atoms with E-state index in [0.717, 1.165) is 6.42 Å². The molecule has 0 saturated carbocycles. The Morgan fingerprint density at radius 2 is 2.19 bits per heavy atom. The lowest BCUT2D eigenvalue weighted by molar-refractivity contribution is 0.185. The summed E-state index contributed by atoms with van der Waals surface area (Å²) in [4.78, 5) is 0. The van der Waals surface area contributed by atoms with Crippen molar-refractivity contribution in [1.29, 1.82) is 0 Å². The Bertz CT molecular complexity index is 344. The van der Waals surface area contributed by atoms with Gasteiger partial charge in [0.1, 0.15) is 5.82 Å². The van der Waals surface area contributed by atoms with E-state index in [1.165, 1.54) is 6.07 Å². The van der Waals surface area contributed by atoms with E-state index < -0.39 is 6.10 Å². The molecule has 0 bridgehead atoms. The van der Waals surface area contributed by atoms with E-state index >= 15 is 0 Å². The van der Waals surface area contributed by atoms with Gasteiger partial charge < -0.3 is 10.4 Å². The van der Waals surface area contributed by atoms with Crippen molar-refractivity contribution in [3.8, 4) is 0 Å². The van der Waals surface area contributed by atoms with Crippen molar-refractivity contribution in [1.82, 2.24) is 5.32 Å². The van der Waals surface area contributed by atoms with Crippen LogP contribution in [0, 0.1) is 5.82 Å². The molecule has 0 radical (unpaired) electrons. The summed E-state index contributed by atoms with van der Waals surface area (Å²) in [7, 11) is 0. The molecule has 0 fully saturated rings. The van der Waals surface area contributed by atoms with Crippen LogP contribution < -0.4 is 5.32 Å². The third-order valence-electron chi connectivity index (χ3n) is 2.42. The number of hydrogen-bond acceptors (Lipinski definition) is 2. The molecule has 4 heteroatoms. The average molecular weight is 246 g/mol. The fourth-order valence-corrected chi connectivity index (χ4v) is 1.76. The number of rotatable bonds is 5. The van der Waals surface area contributed by atoms with Crippen molar-refractivity contribution < 1.29 is 9.50 Å². The van der Waals surface area contributed by atoms with Crippen LogP contribution in [0.3, 0.4) is 0 Å². The van der Waals surface area contributed by atoms with Crippen molar-refractivity contribution >= 4 is 11.6 Å². The summed E-state index contributed by atoms with van der Waals surface area (Å²) in [6.45, 7) is 4.08. The minimum Gasteiger partial charge on any atom is -0.392 e. The fraction of sp³-hybridized carbons (Fsp3) is 0.500. The zero-order chi connectivity index (χ0) is 12.1. The molecule has 2 N–H and O–H groups in total. The molecule has 0 saturated heterocycles. The number of aliphatic hydroxyl groups excluding tert-OH is 1. The maximum Gasteiger partial charge on any atom is 0.146 e. The highest BCUT2D eigenvalue weighted by Gasteiger charge is 2.15. The highest BCUT2D eigenvalue weighted by Crippen LogP contribution is 2.25. The van der Waals surface area contributed by atoms with Gasteiger partial charge in [0.2, 0.25) is 0 Å². The number of aliphatic hydroxyl groups is 1. The van der Waals surface area contributed by atoms with Gasteiger partial charge in [-0.05, 0) is 19.4 Å². The molecule has 0 heterocycles. The second kappa shape index (κ2) is 6.18. The standard InChI is InChI=1S/C12H17ClFNO/c1-3-11(15-7-8(2)16)9-5-4-6-10(13)12(9)14/h4-6,8,11,15-16H,3,7H2,1-2H3/t8-,11+/m0/s1. The predicted octanol–water partition coefficient (Wildman–Crippen LogP) is 2.90. The first-order valence-electron chi connectivity index (χ1n) is 5.41. The van der Waals surface area contributed by atoms with Crippen molar-refractivity contribution in [2.75, 3.05) is 6.54 Å². The van der Waals surface area contributed by atoms with E-state index in [0.29, 0.717) is 12.1 Å². The molecular formula is C12H17ClFNO. The van der Waals surface area contributed by atoms with Crippen LogP contribution in [0.2, 0.25) is 5.02 Å². The summed E-state index contributed by atoms with van der Waals surface area (Å²) >= 11 is 5.73. The Hall–Kier alpha value is -0.640. The number of nitrogens with one attached hydrogen (secondary N) is 1. The van der Waals surface area contributed by atoms with Crippen LogP contribution in [0.15, 0.2) is 18.2 Å². The van der Waals surface area contributed by atoms with E-state index in [1.54, 1.807) is 19.1 Å². The van der Waals surface area contributed by atoms with Gasteiger partial charge >= 0.3 is 0 Å². The first kappa shape index (κ1) is 13.4. The molecule has 1 rings (SSSR count). The Morgan fingerprint density at radius 3 is 2.75 bits per heavy atom. The maximum atomic E-state index is 13.7. The first-order chi connectivity index (χ1) is 7.56. The molecule has 1 aromatic rings. The molecule has 0 aromatic heterocycles. The van der Waals surface area contributed by atoms with Crippen LogP contribution in [0.5, 0.6) is 0 Å². The minimum atomic E-state index is -0.448. The van der Waals surface area contributed by atoms with Crippen LogP contribution in [-0.4, -0.2) is 17.8 Å². The van der Waals surface area contributed by atoms with Crippen LogP contribution in [0.1, 0.15) is 31.9 Å². The van der Waals surface area contributed by atoms with Gasteiger partial charge in [0.15, 0.2) is 0 Å². The Kier molecular flexibility index (Phi) is 5.19. The molecule has 2 nitrogen and oxygen atoms in total. The molecule has 16 heavy (non-hydrogen) atoms. The van der Waals surface area contributed by atoms with E-state index in [4.69, 9.17) is 11.6 Å². The van der Waals surface area contributed by atoms with Crippen LogP contribution in [0.25, 0.3) is 0 Å². The van der Waals surface area contributed by atoms with E-state index in [-0.39, 0.29) is 16.9 Å². The lowest BCUT2D eigenvalue weighted by atomic mass is 10.0. The zero-order valence-corrected chi connectivity index (χ0v) is 10.3. The molecule has 90 valence electrons. The quantitative estimate of drug-likeness (QED) is 0.836. The van der Waals surface area contributed by atoms with Crippen LogP contribution in [-0.2, 0) is 0 Å². The van der Waals surface area contributed by atoms with E-state index in [2.05, 4.69) is 5.32 Å². The van der Waals surface area contributed by atoms with Crippen molar-refractivity contribution in [2.24, 2.45) is 0 Å². The molecule has 1 aromatic carbocycles. The van der Waals surface area contributed by atoms with E-state index in [1.807, 2.05) is 6.92 Å². The zero-order valence-electron chi connectivity index (χ0n) is 9.50. The molecule has 2 atom stereocenters. The number of halogens is 2. The lowest BCUT2D eigenvalue weighted by Gasteiger charge is -2.19. The second-order valence-electron chi connectivity index (χ2n) is 3.86. The van der Waals surface area contributed by atoms with Gasteiger partial charge in [-0.15, -0.1) is 0 Å². The fourth-order valence-electron chi connectivity index (χ4n) is 1.58. The van der Waals surface area contributed by atoms with Gasteiger partial charge in [0, 0.05) is 18.2 Å². The molecule has 0 spiro atoms. The third kappa shape index (κ3) is 3.44. The summed E-state index contributed by atoms with van der Waals surface area (Å²) in [5.41, 5.74) is 0.552. The summed E-state index contributed by atoms with van der Waals surface area (Å²) in [5, 5.41) is 12.4. The summed E-state index contributed by atoms with van der Waals surface area (Å²) < 4.78 is 13.7. The molecule has 0 unspecified atom stereocenters. The van der Waals surface area contributed by atoms with Crippen molar-refractivity contribution in [3.63, 3.8) is 0 Å². The minimum absolute atomic E-state index is 0.117. The number of hydrogen-bond donors (Lipinski definition) is 2. The highest BCUT2D eigenvalue weighted by molar-refractivity contribution is 6.30. The molecule has 0 aliphatic rings. The Balaban J connectivity index is 2.82. The molecule has 0 amide bonds. The predicted molar refractivity (Wildman–Crippen MR) is 64.1 cm³/mol. The Morgan fingerprint density at radius 1 is 1.50 bits per heavy atom. The first-order valence-corrected chi connectivity index (χ1v) is 5.79. The Labute approximate surface area is 100 Å². The summed E-state index contributed by atoms with van der Waals surface area (Å²) in [6.07, 6.45) is 0.292. The summed E-state index contributed by atoms with van der Waals surface area (Å²) in [6, 6.07) is 4.85. The largest absolute Gasteiger partial charge is 0.392 e. The van der Waals surface area contributed by atoms with Gasteiger partial charge in [0.25, 0.3) is 0 Å². The van der Waals surface area contributed by atoms with Crippen molar-refractivity contribution in [2.45, 2.75) is 32.4 Å². The van der Waals surface area contributed by atoms with Crippen LogP contribution in [0.4, 0.5) is 4.39 Å². The molecule has 0 aliphatic carbocycles. The molecular weight excluding hydrogens is 229 g/mol. The van der Waals surface area contributed by atoms with Crippen LogP contribution >= 0.6 is 11.6 Å². The topological polar surface area (TPSA) is 32.3 Å². The SMILES string of the molecule is CC[C@@H](NC[C@H](C)O)c1cccc(Cl)c1F. The highest BCUT2D eigenvalue weighted by atomic mass is 35.5. The van der Waals surface area contributed by atoms with Gasteiger partial charge in [-0.2, -0.15) is 0 Å². The van der Waals surface area contributed by atoms with Crippen molar-refractivity contribution in [3.05, 3.63) is 34.6 Å². The van der Waals surface area contributed by atoms with Gasteiger partial charge in [-0.25, -0.2) is 4.39 Å². The number of benzene rings is 1. The normalized spacial score (nSPS) is 14.8. The average Bonchev–Trinajstić information content (AvgIpc) is 2.24. The van der Waals surface area contributed by atoms with Gasteiger partial charge in [0.05, 0.1) is 11.1 Å². The third-order valence-corrected chi connectivity index (χ3v) is 2.72. The monoisotopic (exact) mass is 245 g/mol. The van der Waals surface area contributed by atoms with E-state index in [9.17, 15) is 9.50 Å². The summed E-state index contributed by atoms with van der Waals surface area (Å²) in [5.74, 6) is -0.380. The maximum absolute atomic E-state index is 13.7. The van der Waals surface area contributed by atoms with Gasteiger partial charge in [-0.1, -0.05) is 30.7 Å². The second-order valence-corrected chi connectivity index (χ2v) is 4.27. The molecule has 0 aliphatic heterocycles. The smallest absolute Gasteiger partial charge is 0.146 e.